The fraction of sp³-hybridized carbons (Fsp3) is 0.143. The van der Waals surface area contributed by atoms with Crippen molar-refractivity contribution in [3.05, 3.63) is 63.1 Å². The van der Waals surface area contributed by atoms with E-state index in [-0.39, 0.29) is 6.61 Å². The molecule has 0 atom stereocenters. The van der Waals surface area contributed by atoms with E-state index in [1.54, 1.807) is 12.1 Å². The van der Waals surface area contributed by atoms with E-state index < -0.39 is 0 Å². The van der Waals surface area contributed by atoms with Crippen LogP contribution in [0.3, 0.4) is 0 Å². The van der Waals surface area contributed by atoms with Crippen molar-refractivity contribution < 1.29 is 9.84 Å². The van der Waals surface area contributed by atoms with Crippen molar-refractivity contribution in [1.82, 2.24) is 0 Å². The fourth-order valence-electron chi connectivity index (χ4n) is 1.59. The molecule has 4 heteroatoms. The number of rotatable bonds is 4. The van der Waals surface area contributed by atoms with Gasteiger partial charge in [-0.25, -0.2) is 0 Å². The number of halogens is 2. The normalized spacial score (nSPS) is 10.4. The van der Waals surface area contributed by atoms with Crippen LogP contribution in [0.15, 0.2) is 46.9 Å². The van der Waals surface area contributed by atoms with Crippen molar-refractivity contribution in [1.29, 1.82) is 0 Å². The van der Waals surface area contributed by atoms with E-state index in [0.29, 0.717) is 27.4 Å². The Morgan fingerprint density at radius 2 is 1.83 bits per heavy atom. The summed E-state index contributed by atoms with van der Waals surface area (Å²) in [6, 6.07) is 13.4. The Bertz CT molecular complexity index is 529. The lowest BCUT2D eigenvalue weighted by atomic mass is 10.2. The Morgan fingerprint density at radius 1 is 1.11 bits per heavy atom. The lowest BCUT2D eigenvalue weighted by molar-refractivity contribution is 0.258. The molecule has 1 N–H and O–H groups in total. The molecule has 0 saturated heterocycles. The van der Waals surface area contributed by atoms with Crippen molar-refractivity contribution in [3.63, 3.8) is 0 Å². The summed E-state index contributed by atoms with van der Waals surface area (Å²) in [6.07, 6.45) is 0. The first-order valence-electron chi connectivity index (χ1n) is 5.47. The van der Waals surface area contributed by atoms with Gasteiger partial charge in [0.15, 0.2) is 0 Å². The van der Waals surface area contributed by atoms with Gasteiger partial charge in [0.2, 0.25) is 0 Å². The van der Waals surface area contributed by atoms with Gasteiger partial charge in [0, 0.05) is 10.0 Å². The molecule has 0 radical (unpaired) electrons. The first-order chi connectivity index (χ1) is 8.72. The second kappa shape index (κ2) is 6.23. The smallest absolute Gasteiger partial charge is 0.126 e. The summed E-state index contributed by atoms with van der Waals surface area (Å²) in [5.74, 6) is 0.637. The lowest BCUT2D eigenvalue weighted by Crippen LogP contribution is -1.99. The van der Waals surface area contributed by atoms with E-state index in [2.05, 4.69) is 15.9 Å². The molecule has 0 aliphatic carbocycles. The van der Waals surface area contributed by atoms with Crippen LogP contribution in [0.2, 0.25) is 5.02 Å². The van der Waals surface area contributed by atoms with E-state index in [1.807, 2.05) is 30.3 Å². The molecule has 0 aliphatic heterocycles. The van der Waals surface area contributed by atoms with Gasteiger partial charge in [0.05, 0.1) is 11.6 Å². The molecular formula is C14H12BrClO2. The van der Waals surface area contributed by atoms with Crippen molar-refractivity contribution >= 4 is 27.5 Å². The van der Waals surface area contributed by atoms with E-state index in [0.717, 1.165) is 5.56 Å². The van der Waals surface area contributed by atoms with Crippen molar-refractivity contribution in [2.24, 2.45) is 0 Å². The van der Waals surface area contributed by atoms with E-state index in [9.17, 15) is 5.11 Å². The predicted molar refractivity (Wildman–Crippen MR) is 75.8 cm³/mol. The molecule has 0 saturated carbocycles. The van der Waals surface area contributed by atoms with E-state index in [1.165, 1.54) is 0 Å². The molecule has 0 heterocycles. The summed E-state index contributed by atoms with van der Waals surface area (Å²) in [6.45, 7) is 0.340. The van der Waals surface area contributed by atoms with Gasteiger partial charge >= 0.3 is 0 Å². The van der Waals surface area contributed by atoms with E-state index >= 15 is 0 Å². The standard InChI is InChI=1S/C14H12BrClO2/c15-14-11(8-17)13(7-6-12(14)16)18-9-10-4-2-1-3-5-10/h1-7,17H,8-9H2. The third kappa shape index (κ3) is 3.05. The minimum Gasteiger partial charge on any atom is -0.488 e. The summed E-state index contributed by atoms with van der Waals surface area (Å²) < 4.78 is 6.38. The van der Waals surface area contributed by atoms with Crippen molar-refractivity contribution in [3.8, 4) is 5.75 Å². The number of aliphatic hydroxyl groups excluding tert-OH is 1. The third-order valence-electron chi connectivity index (χ3n) is 2.55. The molecule has 0 aliphatic rings. The molecule has 0 fully saturated rings. The van der Waals surface area contributed by atoms with Crippen molar-refractivity contribution in [2.45, 2.75) is 13.2 Å². The summed E-state index contributed by atoms with van der Waals surface area (Å²) >= 11 is 9.31. The highest BCUT2D eigenvalue weighted by Crippen LogP contribution is 2.33. The molecule has 0 unspecified atom stereocenters. The fourth-order valence-corrected chi connectivity index (χ4v) is 2.22. The van der Waals surface area contributed by atoms with Crippen LogP contribution in [-0.2, 0) is 13.2 Å². The van der Waals surface area contributed by atoms with Crippen LogP contribution in [-0.4, -0.2) is 5.11 Å². The maximum atomic E-state index is 9.35. The number of aliphatic hydroxyl groups is 1. The summed E-state index contributed by atoms with van der Waals surface area (Å²) in [5.41, 5.74) is 1.74. The molecule has 0 spiro atoms. The first kappa shape index (κ1) is 13.4. The molecule has 0 aromatic heterocycles. The lowest BCUT2D eigenvalue weighted by Gasteiger charge is -2.12. The number of hydrogen-bond donors (Lipinski definition) is 1. The highest BCUT2D eigenvalue weighted by atomic mass is 79.9. The predicted octanol–water partition coefficient (Wildman–Crippen LogP) is 4.17. The summed E-state index contributed by atoms with van der Waals surface area (Å²) in [5, 5.41) is 9.91. The Kier molecular flexibility index (Phi) is 4.64. The SMILES string of the molecule is OCc1c(OCc2ccccc2)ccc(Cl)c1Br. The Hall–Kier alpha value is -1.03. The molecule has 2 aromatic rings. The quantitative estimate of drug-likeness (QED) is 0.913. The molecular weight excluding hydrogens is 316 g/mol. The molecule has 0 amide bonds. The zero-order valence-corrected chi connectivity index (χ0v) is 11.9. The molecule has 2 aromatic carbocycles. The first-order valence-corrected chi connectivity index (χ1v) is 6.64. The molecule has 0 bridgehead atoms. The van der Waals surface area contributed by atoms with Gasteiger partial charge in [-0.15, -0.1) is 0 Å². The van der Waals surface area contributed by atoms with E-state index in [4.69, 9.17) is 16.3 Å². The average molecular weight is 328 g/mol. The number of benzene rings is 2. The molecule has 18 heavy (non-hydrogen) atoms. The van der Waals surface area contributed by atoms with Crippen LogP contribution < -0.4 is 4.74 Å². The van der Waals surface area contributed by atoms with Gasteiger partial charge in [-0.3, -0.25) is 0 Å². The molecule has 2 rings (SSSR count). The van der Waals surface area contributed by atoms with Crippen LogP contribution in [0.1, 0.15) is 11.1 Å². The van der Waals surface area contributed by atoms with Gasteiger partial charge in [-0.05, 0) is 33.6 Å². The number of ether oxygens (including phenoxy) is 1. The van der Waals surface area contributed by atoms with Gasteiger partial charge in [0.25, 0.3) is 0 Å². The van der Waals surface area contributed by atoms with Crippen LogP contribution in [0, 0.1) is 0 Å². The molecule has 94 valence electrons. The summed E-state index contributed by atoms with van der Waals surface area (Å²) in [4.78, 5) is 0. The Labute approximate surface area is 119 Å². The van der Waals surface area contributed by atoms with Crippen LogP contribution in [0.4, 0.5) is 0 Å². The van der Waals surface area contributed by atoms with Gasteiger partial charge in [-0.2, -0.15) is 0 Å². The second-order valence-corrected chi connectivity index (χ2v) is 4.97. The summed E-state index contributed by atoms with van der Waals surface area (Å²) in [7, 11) is 0. The third-order valence-corrected chi connectivity index (χ3v) is 4.00. The highest BCUT2D eigenvalue weighted by molar-refractivity contribution is 9.10. The minimum atomic E-state index is -0.120. The van der Waals surface area contributed by atoms with Crippen LogP contribution in [0.5, 0.6) is 5.75 Å². The average Bonchev–Trinajstić information content (AvgIpc) is 2.41. The zero-order chi connectivity index (χ0) is 13.0. The Balaban J connectivity index is 2.17. The Morgan fingerprint density at radius 3 is 2.50 bits per heavy atom. The van der Waals surface area contributed by atoms with Gasteiger partial charge < -0.3 is 9.84 Å². The van der Waals surface area contributed by atoms with Crippen LogP contribution >= 0.6 is 27.5 Å². The minimum absolute atomic E-state index is 0.120. The van der Waals surface area contributed by atoms with Gasteiger partial charge in [-0.1, -0.05) is 41.9 Å². The zero-order valence-electron chi connectivity index (χ0n) is 9.57. The second-order valence-electron chi connectivity index (χ2n) is 3.77. The van der Waals surface area contributed by atoms with Gasteiger partial charge in [0.1, 0.15) is 12.4 Å². The maximum absolute atomic E-state index is 9.35. The monoisotopic (exact) mass is 326 g/mol. The van der Waals surface area contributed by atoms with Crippen LogP contribution in [0.25, 0.3) is 0 Å². The molecule has 2 nitrogen and oxygen atoms in total. The largest absolute Gasteiger partial charge is 0.488 e. The highest BCUT2D eigenvalue weighted by Gasteiger charge is 2.10. The van der Waals surface area contributed by atoms with Crippen molar-refractivity contribution in [2.75, 3.05) is 0 Å². The maximum Gasteiger partial charge on any atom is 0.126 e. The number of hydrogen-bond acceptors (Lipinski definition) is 2. The topological polar surface area (TPSA) is 29.5 Å².